The molecule has 0 N–H and O–H groups in total. The Morgan fingerprint density at radius 1 is 1.31 bits per heavy atom. The first-order valence-electron chi connectivity index (χ1n) is 9.19. The van der Waals surface area contributed by atoms with Gasteiger partial charge in [-0.3, -0.25) is 4.79 Å². The average molecular weight is 358 g/mol. The Balaban J connectivity index is 1.65. The lowest BCUT2D eigenvalue weighted by molar-refractivity contribution is 0.0737. The van der Waals surface area contributed by atoms with Crippen LogP contribution < -0.4 is 0 Å². The lowest BCUT2D eigenvalue weighted by Gasteiger charge is -2.23. The highest BCUT2D eigenvalue weighted by Gasteiger charge is 2.56. The highest BCUT2D eigenvalue weighted by Crippen LogP contribution is 2.43. The minimum Gasteiger partial charge on any atom is -0.425 e. The first-order chi connectivity index (χ1) is 12.3. The molecule has 0 spiro atoms. The fraction of sp³-hybridized carbons (Fsp3) is 0.632. The zero-order chi connectivity index (χ0) is 18.6. The number of likely N-dealkylation sites (tertiary alicyclic amines) is 1. The molecule has 0 aliphatic carbocycles. The van der Waals surface area contributed by atoms with Crippen LogP contribution in [0.25, 0.3) is 0 Å². The van der Waals surface area contributed by atoms with Gasteiger partial charge in [0.1, 0.15) is 0 Å². The second-order valence-electron chi connectivity index (χ2n) is 7.93. The monoisotopic (exact) mass is 358 g/mol. The molecule has 0 radical (unpaired) electrons. The van der Waals surface area contributed by atoms with E-state index in [1.807, 2.05) is 17.9 Å². The van der Waals surface area contributed by atoms with Gasteiger partial charge >= 0.3 is 0 Å². The van der Waals surface area contributed by atoms with Gasteiger partial charge in [-0.25, -0.2) is 0 Å². The van der Waals surface area contributed by atoms with E-state index in [1.54, 1.807) is 6.92 Å². The predicted molar refractivity (Wildman–Crippen MR) is 95.2 cm³/mol. The molecule has 26 heavy (non-hydrogen) atoms. The molecule has 0 aromatic carbocycles. The van der Waals surface area contributed by atoms with Crippen LogP contribution in [0.3, 0.4) is 0 Å². The zero-order valence-corrected chi connectivity index (χ0v) is 16.1. The summed E-state index contributed by atoms with van der Waals surface area (Å²) < 4.78 is 13.7. The van der Waals surface area contributed by atoms with Crippen molar-refractivity contribution in [1.82, 2.24) is 19.7 Å². The molecule has 2 aromatic rings. The van der Waals surface area contributed by atoms with Crippen LogP contribution in [-0.2, 0) is 10.2 Å². The van der Waals surface area contributed by atoms with Crippen molar-refractivity contribution in [3.05, 3.63) is 34.8 Å². The van der Waals surface area contributed by atoms with Crippen molar-refractivity contribution in [3.63, 3.8) is 0 Å². The van der Waals surface area contributed by atoms with Crippen LogP contribution in [-0.4, -0.2) is 51.9 Å². The largest absolute Gasteiger partial charge is 0.425 e. The molecule has 140 valence electrons. The number of carbonyl (C=O) groups is 1. The van der Waals surface area contributed by atoms with Crippen molar-refractivity contribution in [2.45, 2.75) is 46.1 Å². The van der Waals surface area contributed by atoms with E-state index < -0.39 is 0 Å². The lowest BCUT2D eigenvalue weighted by Crippen LogP contribution is -2.37. The van der Waals surface area contributed by atoms with Crippen LogP contribution in [0.2, 0.25) is 0 Å². The van der Waals surface area contributed by atoms with Crippen molar-refractivity contribution in [1.29, 1.82) is 0 Å². The molecule has 1 amide bonds. The predicted octanol–water partition coefficient (Wildman–Crippen LogP) is 2.42. The van der Waals surface area contributed by atoms with E-state index in [-0.39, 0.29) is 17.2 Å². The molecule has 4 heterocycles. The van der Waals surface area contributed by atoms with Crippen molar-refractivity contribution >= 4 is 5.91 Å². The number of hydrogen-bond acceptors (Lipinski definition) is 5. The van der Waals surface area contributed by atoms with Gasteiger partial charge in [0.15, 0.2) is 0 Å². The highest BCUT2D eigenvalue weighted by molar-refractivity contribution is 5.96. The van der Waals surface area contributed by atoms with E-state index in [0.29, 0.717) is 44.1 Å². The van der Waals surface area contributed by atoms with Crippen LogP contribution >= 0.6 is 0 Å². The van der Waals surface area contributed by atoms with Gasteiger partial charge in [-0.2, -0.15) is 0 Å². The third kappa shape index (κ3) is 2.40. The van der Waals surface area contributed by atoms with Gasteiger partial charge in [-0.15, -0.1) is 10.2 Å². The number of aromatic nitrogens is 3. The molecule has 0 bridgehead atoms. The molecule has 2 aliphatic rings. The van der Waals surface area contributed by atoms with Crippen molar-refractivity contribution in [2.75, 3.05) is 26.3 Å². The van der Waals surface area contributed by atoms with Crippen LogP contribution in [0.15, 0.2) is 10.5 Å². The summed E-state index contributed by atoms with van der Waals surface area (Å²) in [7, 11) is 0. The number of aryl methyl sites for hydroxylation is 2. The Hall–Kier alpha value is -2.15. The summed E-state index contributed by atoms with van der Waals surface area (Å²) in [5.74, 6) is 1.42. The van der Waals surface area contributed by atoms with Crippen LogP contribution in [0.1, 0.15) is 53.4 Å². The number of nitrogens with zero attached hydrogens (tertiary/aromatic N) is 4. The Morgan fingerprint density at radius 3 is 2.69 bits per heavy atom. The van der Waals surface area contributed by atoms with E-state index in [4.69, 9.17) is 9.15 Å². The number of hydrogen-bond donors (Lipinski definition) is 0. The fourth-order valence-electron chi connectivity index (χ4n) is 4.65. The van der Waals surface area contributed by atoms with Gasteiger partial charge in [-0.05, 0) is 33.8 Å². The summed E-state index contributed by atoms with van der Waals surface area (Å²) in [4.78, 5) is 15.2. The Bertz CT molecular complexity index is 853. The van der Waals surface area contributed by atoms with Crippen LogP contribution in [0.5, 0.6) is 0 Å². The summed E-state index contributed by atoms with van der Waals surface area (Å²) in [5.41, 5.74) is 2.55. The standard InChI is InChI=1S/C19H26N4O3/c1-11(2)23-12(3)6-16(13(23)4)17(24)22-7-15-8-25-10-19(15,9-22)18-21-20-14(5)26-18/h6,11,15H,7-10H2,1-5H3/t15-,19-/m0/s1. The van der Waals surface area contributed by atoms with E-state index in [9.17, 15) is 4.79 Å². The maximum atomic E-state index is 13.3. The van der Waals surface area contributed by atoms with Gasteiger partial charge in [0.05, 0.1) is 24.2 Å². The number of amides is 1. The van der Waals surface area contributed by atoms with Gasteiger partial charge < -0.3 is 18.6 Å². The first-order valence-corrected chi connectivity index (χ1v) is 9.19. The topological polar surface area (TPSA) is 73.4 Å². The summed E-state index contributed by atoms with van der Waals surface area (Å²) in [6, 6.07) is 2.34. The molecule has 2 atom stereocenters. The first kappa shape index (κ1) is 17.3. The van der Waals surface area contributed by atoms with Crippen molar-refractivity contribution in [2.24, 2.45) is 5.92 Å². The molecule has 2 fully saturated rings. The van der Waals surface area contributed by atoms with E-state index in [2.05, 4.69) is 35.5 Å². The smallest absolute Gasteiger partial charge is 0.255 e. The SMILES string of the molecule is Cc1nnc([C@@]23COC[C@@H]2CN(C(=O)c2cc(C)n(C(C)C)c2C)C3)o1. The Kier molecular flexibility index (Phi) is 3.95. The number of fused-ring (bicyclic) bond motifs is 1. The molecule has 0 unspecified atom stereocenters. The van der Waals surface area contributed by atoms with Crippen LogP contribution in [0, 0.1) is 26.7 Å². The molecule has 4 rings (SSSR count). The third-order valence-electron chi connectivity index (χ3n) is 5.84. The van der Waals surface area contributed by atoms with E-state index in [1.165, 1.54) is 0 Å². The van der Waals surface area contributed by atoms with Gasteiger partial charge in [-0.1, -0.05) is 0 Å². The summed E-state index contributed by atoms with van der Waals surface area (Å²) in [6.07, 6.45) is 0. The number of carbonyl (C=O) groups excluding carboxylic acids is 1. The number of rotatable bonds is 3. The molecular formula is C19H26N4O3. The quantitative estimate of drug-likeness (QED) is 0.842. The maximum Gasteiger partial charge on any atom is 0.255 e. The number of ether oxygens (including phenoxy) is 1. The molecule has 2 aromatic heterocycles. The molecular weight excluding hydrogens is 332 g/mol. The summed E-state index contributed by atoms with van der Waals surface area (Å²) in [6.45, 7) is 12.5. The van der Waals surface area contributed by atoms with E-state index >= 15 is 0 Å². The average Bonchev–Trinajstić information content (AvgIpc) is 3.28. The van der Waals surface area contributed by atoms with Crippen LogP contribution in [0.4, 0.5) is 0 Å². The normalized spacial score (nSPS) is 25.3. The van der Waals surface area contributed by atoms with Gasteiger partial charge in [0.25, 0.3) is 5.91 Å². The van der Waals surface area contributed by atoms with Gasteiger partial charge in [0, 0.05) is 43.4 Å². The zero-order valence-electron chi connectivity index (χ0n) is 16.1. The summed E-state index contributed by atoms with van der Waals surface area (Å²) in [5, 5.41) is 8.23. The third-order valence-corrected chi connectivity index (χ3v) is 5.84. The Labute approximate surface area is 153 Å². The molecule has 7 heteroatoms. The van der Waals surface area contributed by atoms with Crippen molar-refractivity contribution in [3.8, 4) is 0 Å². The minimum absolute atomic E-state index is 0.0787. The highest BCUT2D eigenvalue weighted by atomic mass is 16.5. The second-order valence-corrected chi connectivity index (χ2v) is 7.93. The molecule has 7 nitrogen and oxygen atoms in total. The fourth-order valence-corrected chi connectivity index (χ4v) is 4.65. The summed E-state index contributed by atoms with van der Waals surface area (Å²) >= 11 is 0. The second kappa shape index (κ2) is 5.94. The maximum absolute atomic E-state index is 13.3. The minimum atomic E-state index is -0.375. The van der Waals surface area contributed by atoms with Crippen molar-refractivity contribution < 1.29 is 13.9 Å². The van der Waals surface area contributed by atoms with Gasteiger partial charge in [0.2, 0.25) is 11.8 Å². The molecule has 0 saturated carbocycles. The Morgan fingerprint density at radius 2 is 2.08 bits per heavy atom. The lowest BCUT2D eigenvalue weighted by atomic mass is 9.81. The van der Waals surface area contributed by atoms with E-state index in [0.717, 1.165) is 17.0 Å². The molecule has 2 aliphatic heterocycles. The molecule has 2 saturated heterocycles.